The quantitative estimate of drug-likeness (QED) is 0.551. The van der Waals surface area contributed by atoms with Gasteiger partial charge in [-0.05, 0) is 30.3 Å². The maximum atomic E-state index is 12.3. The van der Waals surface area contributed by atoms with Gasteiger partial charge in [0.05, 0.1) is 31.6 Å². The van der Waals surface area contributed by atoms with Crippen molar-refractivity contribution in [2.75, 3.05) is 27.3 Å². The van der Waals surface area contributed by atoms with Crippen molar-refractivity contribution in [1.82, 2.24) is 20.6 Å². The molecule has 0 saturated carbocycles. The van der Waals surface area contributed by atoms with E-state index in [1.807, 2.05) is 0 Å². The van der Waals surface area contributed by atoms with Crippen LogP contribution in [0.15, 0.2) is 42.7 Å². The second-order valence-corrected chi connectivity index (χ2v) is 5.75. The average molecular weight is 368 g/mol. The topological polar surface area (TPSA) is 105 Å². The van der Waals surface area contributed by atoms with Crippen molar-refractivity contribution in [3.63, 3.8) is 0 Å². The van der Waals surface area contributed by atoms with Crippen molar-refractivity contribution in [3.05, 3.63) is 53.9 Å². The normalized spacial score (nSPS) is 10.4. The Balaban J connectivity index is 1.52. The van der Waals surface area contributed by atoms with Gasteiger partial charge in [-0.3, -0.25) is 9.59 Å². The van der Waals surface area contributed by atoms with Crippen molar-refractivity contribution >= 4 is 22.8 Å². The zero-order valence-corrected chi connectivity index (χ0v) is 15.0. The minimum absolute atomic E-state index is 0.219. The number of aromatic amines is 1. The van der Waals surface area contributed by atoms with Crippen LogP contribution in [0.4, 0.5) is 0 Å². The number of imidazole rings is 1. The number of benzene rings is 2. The molecule has 1 heterocycles. The molecule has 3 aromatic rings. The molecule has 0 aliphatic rings. The zero-order chi connectivity index (χ0) is 19.2. The monoisotopic (exact) mass is 368 g/mol. The number of H-pyrrole nitrogens is 1. The standard InChI is InChI=1S/C19H20N4O4/c1-26-14-7-13(8-15(10-14)27-2)19(25)21-6-5-20-18(24)12-3-4-16-17(9-12)23-11-22-16/h3-4,7-11H,5-6H2,1-2H3,(H,20,24)(H,21,25)(H,22,23). The van der Waals surface area contributed by atoms with Crippen LogP contribution in [-0.2, 0) is 0 Å². The van der Waals surface area contributed by atoms with Gasteiger partial charge >= 0.3 is 0 Å². The van der Waals surface area contributed by atoms with E-state index in [1.54, 1.807) is 42.7 Å². The first-order valence-electron chi connectivity index (χ1n) is 8.33. The van der Waals surface area contributed by atoms with E-state index in [4.69, 9.17) is 9.47 Å². The third-order valence-corrected chi connectivity index (χ3v) is 3.99. The van der Waals surface area contributed by atoms with Crippen LogP contribution in [0.25, 0.3) is 11.0 Å². The SMILES string of the molecule is COc1cc(OC)cc(C(=O)NCCNC(=O)c2ccc3nc[nH]c3c2)c1. The molecule has 2 amide bonds. The molecule has 8 heteroatoms. The first-order valence-corrected chi connectivity index (χ1v) is 8.33. The first-order chi connectivity index (χ1) is 13.1. The molecule has 27 heavy (non-hydrogen) atoms. The summed E-state index contributed by atoms with van der Waals surface area (Å²) in [6.45, 7) is 0.586. The van der Waals surface area contributed by atoms with Crippen molar-refractivity contribution in [2.45, 2.75) is 0 Å². The molecule has 3 rings (SSSR count). The highest BCUT2D eigenvalue weighted by Crippen LogP contribution is 2.22. The second kappa shape index (κ2) is 8.22. The molecule has 0 radical (unpaired) electrons. The highest BCUT2D eigenvalue weighted by molar-refractivity contribution is 5.97. The average Bonchev–Trinajstić information content (AvgIpc) is 3.18. The molecule has 0 saturated heterocycles. The van der Waals surface area contributed by atoms with Crippen molar-refractivity contribution < 1.29 is 19.1 Å². The van der Waals surface area contributed by atoms with Gasteiger partial charge in [-0.25, -0.2) is 4.98 Å². The molecule has 0 aliphatic heterocycles. The fourth-order valence-corrected chi connectivity index (χ4v) is 2.57. The predicted octanol–water partition coefficient (Wildman–Crippen LogP) is 1.74. The minimum atomic E-state index is -0.277. The highest BCUT2D eigenvalue weighted by atomic mass is 16.5. The van der Waals surface area contributed by atoms with E-state index in [0.717, 1.165) is 11.0 Å². The van der Waals surface area contributed by atoms with Gasteiger partial charge in [0.2, 0.25) is 0 Å². The minimum Gasteiger partial charge on any atom is -0.497 e. The Morgan fingerprint density at radius 2 is 1.56 bits per heavy atom. The summed E-state index contributed by atoms with van der Waals surface area (Å²) in [6.07, 6.45) is 1.58. The molecule has 0 fully saturated rings. The lowest BCUT2D eigenvalue weighted by atomic mass is 10.2. The lowest BCUT2D eigenvalue weighted by molar-refractivity contribution is 0.0927. The van der Waals surface area contributed by atoms with E-state index in [1.165, 1.54) is 14.2 Å². The number of carbonyl (C=O) groups excluding carboxylic acids is 2. The van der Waals surface area contributed by atoms with E-state index < -0.39 is 0 Å². The van der Waals surface area contributed by atoms with E-state index in [2.05, 4.69) is 20.6 Å². The number of rotatable bonds is 7. The third kappa shape index (κ3) is 4.35. The summed E-state index contributed by atoms with van der Waals surface area (Å²) in [6, 6.07) is 10.1. The van der Waals surface area contributed by atoms with Crippen LogP contribution < -0.4 is 20.1 Å². The molecular formula is C19H20N4O4. The number of nitrogens with zero attached hydrogens (tertiary/aromatic N) is 1. The third-order valence-electron chi connectivity index (χ3n) is 3.99. The lowest BCUT2D eigenvalue weighted by Gasteiger charge is -2.10. The van der Waals surface area contributed by atoms with Crippen LogP contribution in [0.2, 0.25) is 0 Å². The molecule has 0 aliphatic carbocycles. The lowest BCUT2D eigenvalue weighted by Crippen LogP contribution is -2.34. The van der Waals surface area contributed by atoms with Crippen LogP contribution in [0.3, 0.4) is 0 Å². The molecule has 3 N–H and O–H groups in total. The summed E-state index contributed by atoms with van der Waals surface area (Å²) in [5.41, 5.74) is 2.54. The molecule has 2 aromatic carbocycles. The molecule has 0 spiro atoms. The van der Waals surface area contributed by atoms with Gasteiger partial charge in [0.25, 0.3) is 11.8 Å². The number of hydrogen-bond donors (Lipinski definition) is 3. The smallest absolute Gasteiger partial charge is 0.251 e. The Hall–Kier alpha value is -3.55. The maximum Gasteiger partial charge on any atom is 0.251 e. The Morgan fingerprint density at radius 3 is 2.19 bits per heavy atom. The summed E-state index contributed by atoms with van der Waals surface area (Å²) < 4.78 is 10.3. The Kier molecular flexibility index (Phi) is 5.55. The Bertz CT molecular complexity index is 945. The summed E-state index contributed by atoms with van der Waals surface area (Å²) >= 11 is 0. The van der Waals surface area contributed by atoms with E-state index >= 15 is 0 Å². The number of aromatic nitrogens is 2. The number of fused-ring (bicyclic) bond motifs is 1. The molecule has 0 bridgehead atoms. The van der Waals surface area contributed by atoms with Crippen molar-refractivity contribution in [1.29, 1.82) is 0 Å². The second-order valence-electron chi connectivity index (χ2n) is 5.75. The molecular weight excluding hydrogens is 348 g/mol. The molecule has 0 unspecified atom stereocenters. The molecule has 0 atom stereocenters. The Morgan fingerprint density at radius 1 is 0.926 bits per heavy atom. The van der Waals surface area contributed by atoms with Gasteiger partial charge in [-0.1, -0.05) is 0 Å². The maximum absolute atomic E-state index is 12.3. The molecule has 1 aromatic heterocycles. The number of nitrogens with one attached hydrogen (secondary N) is 3. The van der Waals surface area contributed by atoms with Gasteiger partial charge in [0.1, 0.15) is 11.5 Å². The summed E-state index contributed by atoms with van der Waals surface area (Å²) in [7, 11) is 3.04. The van der Waals surface area contributed by atoms with Crippen LogP contribution in [-0.4, -0.2) is 49.1 Å². The van der Waals surface area contributed by atoms with E-state index in [9.17, 15) is 9.59 Å². The van der Waals surface area contributed by atoms with Gasteiger partial charge in [0.15, 0.2) is 0 Å². The van der Waals surface area contributed by atoms with Gasteiger partial charge in [-0.15, -0.1) is 0 Å². The van der Waals surface area contributed by atoms with E-state index in [-0.39, 0.29) is 18.4 Å². The van der Waals surface area contributed by atoms with Crippen LogP contribution in [0.1, 0.15) is 20.7 Å². The number of carbonyl (C=O) groups is 2. The van der Waals surface area contributed by atoms with Gasteiger partial charge in [-0.2, -0.15) is 0 Å². The van der Waals surface area contributed by atoms with E-state index in [0.29, 0.717) is 29.2 Å². The van der Waals surface area contributed by atoms with Crippen LogP contribution in [0.5, 0.6) is 11.5 Å². The van der Waals surface area contributed by atoms with Gasteiger partial charge < -0.3 is 25.1 Å². The van der Waals surface area contributed by atoms with Crippen LogP contribution in [0, 0.1) is 0 Å². The number of methoxy groups -OCH3 is 2. The Labute approximate surface area is 155 Å². The van der Waals surface area contributed by atoms with Crippen molar-refractivity contribution in [2.24, 2.45) is 0 Å². The fraction of sp³-hybridized carbons (Fsp3) is 0.211. The summed E-state index contributed by atoms with van der Waals surface area (Å²) in [5.74, 6) is 0.563. The fourth-order valence-electron chi connectivity index (χ4n) is 2.57. The predicted molar refractivity (Wildman–Crippen MR) is 100 cm³/mol. The number of hydrogen-bond acceptors (Lipinski definition) is 5. The largest absolute Gasteiger partial charge is 0.497 e. The number of ether oxygens (including phenoxy) is 2. The summed E-state index contributed by atoms with van der Waals surface area (Å²) in [4.78, 5) is 31.5. The van der Waals surface area contributed by atoms with Gasteiger partial charge in [0, 0.05) is 30.3 Å². The summed E-state index contributed by atoms with van der Waals surface area (Å²) in [5, 5.41) is 5.52. The first kappa shape index (κ1) is 18.2. The van der Waals surface area contributed by atoms with Crippen molar-refractivity contribution in [3.8, 4) is 11.5 Å². The number of amides is 2. The highest BCUT2D eigenvalue weighted by Gasteiger charge is 2.10. The molecule has 8 nitrogen and oxygen atoms in total. The zero-order valence-electron chi connectivity index (χ0n) is 15.0. The van der Waals surface area contributed by atoms with Crippen LogP contribution >= 0.6 is 0 Å². The molecule has 140 valence electrons.